The van der Waals surface area contributed by atoms with Crippen LogP contribution in [0, 0.1) is 0 Å². The van der Waals surface area contributed by atoms with Crippen LogP contribution in [0.1, 0.15) is 309 Å². The van der Waals surface area contributed by atoms with Crippen LogP contribution in [0.4, 0.5) is 0 Å². The van der Waals surface area contributed by atoms with E-state index in [-0.39, 0.29) is 32.0 Å². The highest BCUT2D eigenvalue weighted by molar-refractivity contribution is 7.47. The fraction of sp³-hybridized carbons (Fsp3) is 0.778. The van der Waals surface area contributed by atoms with Crippen molar-refractivity contribution in [2.45, 2.75) is 315 Å². The highest BCUT2D eigenvalue weighted by Crippen LogP contribution is 2.43. The van der Waals surface area contributed by atoms with Crippen molar-refractivity contribution in [1.82, 2.24) is 0 Å². The van der Waals surface area contributed by atoms with Crippen molar-refractivity contribution in [2.75, 3.05) is 47.5 Å². The summed E-state index contributed by atoms with van der Waals surface area (Å²) in [6.07, 6.45) is 85.3. The van der Waals surface area contributed by atoms with Crippen molar-refractivity contribution in [3.63, 3.8) is 0 Å². The maximum absolute atomic E-state index is 12.9. The number of quaternary nitrogens is 1. The van der Waals surface area contributed by atoms with Crippen LogP contribution in [0.3, 0.4) is 0 Å². The van der Waals surface area contributed by atoms with Crippen molar-refractivity contribution in [2.24, 2.45) is 0 Å². The lowest BCUT2D eigenvalue weighted by Crippen LogP contribution is -2.37. The highest BCUT2D eigenvalue weighted by atomic mass is 31.2. The first kappa shape index (κ1) is 79.2. The summed E-state index contributed by atoms with van der Waals surface area (Å²) in [4.78, 5) is 35.9. The van der Waals surface area contributed by atoms with E-state index in [4.69, 9.17) is 18.5 Å². The summed E-state index contributed by atoms with van der Waals surface area (Å²) in [5.74, 6) is -0.789. The molecule has 10 heteroatoms. The summed E-state index contributed by atoms with van der Waals surface area (Å²) >= 11 is 0. The molecule has 82 heavy (non-hydrogen) atoms. The number of hydrogen-bond donors (Lipinski definition) is 1. The molecule has 9 nitrogen and oxygen atoms in total. The Morgan fingerprint density at radius 1 is 0.390 bits per heavy atom. The van der Waals surface area contributed by atoms with Gasteiger partial charge in [-0.15, -0.1) is 0 Å². The van der Waals surface area contributed by atoms with E-state index in [1.807, 2.05) is 21.1 Å². The molecule has 0 bridgehead atoms. The van der Waals surface area contributed by atoms with Crippen LogP contribution in [0.2, 0.25) is 0 Å². The average molecular weight is 1170 g/mol. The molecule has 1 N–H and O–H groups in total. The maximum Gasteiger partial charge on any atom is 0.472 e. The Balaban J connectivity index is 4.05. The summed E-state index contributed by atoms with van der Waals surface area (Å²) in [6.45, 7) is 4.35. The van der Waals surface area contributed by atoms with E-state index in [9.17, 15) is 19.0 Å². The van der Waals surface area contributed by atoms with Crippen LogP contribution >= 0.6 is 7.82 Å². The van der Waals surface area contributed by atoms with Gasteiger partial charge in [-0.05, 0) is 89.9 Å². The largest absolute Gasteiger partial charge is 0.472 e. The molecule has 0 rings (SSSR count). The number of rotatable bonds is 63. The van der Waals surface area contributed by atoms with Gasteiger partial charge in [0.15, 0.2) is 6.10 Å². The third-order valence-electron chi connectivity index (χ3n) is 14.9. The Labute approximate surface area is 507 Å². The fourth-order valence-electron chi connectivity index (χ4n) is 9.66. The summed E-state index contributed by atoms with van der Waals surface area (Å²) in [7, 11) is 1.48. The third-order valence-corrected chi connectivity index (χ3v) is 15.9. The Bertz CT molecular complexity index is 1660. The van der Waals surface area contributed by atoms with Gasteiger partial charge in [0, 0.05) is 12.8 Å². The van der Waals surface area contributed by atoms with Gasteiger partial charge in [0.05, 0.1) is 27.7 Å². The highest BCUT2D eigenvalue weighted by Gasteiger charge is 2.27. The Morgan fingerprint density at radius 3 is 1.04 bits per heavy atom. The van der Waals surface area contributed by atoms with Gasteiger partial charge in [0.25, 0.3) is 0 Å². The number of allylic oxidation sites excluding steroid dienone is 14. The monoisotopic (exact) mass is 1170 g/mol. The van der Waals surface area contributed by atoms with Crippen molar-refractivity contribution in [3.8, 4) is 0 Å². The van der Waals surface area contributed by atoms with Crippen molar-refractivity contribution >= 4 is 19.8 Å². The zero-order valence-electron chi connectivity index (χ0n) is 54.2. The predicted octanol–water partition coefficient (Wildman–Crippen LogP) is 22.2. The number of phosphoric ester groups is 1. The van der Waals surface area contributed by atoms with Gasteiger partial charge in [0.2, 0.25) is 0 Å². The van der Waals surface area contributed by atoms with Gasteiger partial charge in [-0.1, -0.05) is 292 Å². The number of unbranched alkanes of at least 4 members (excludes halogenated alkanes) is 35. The third kappa shape index (κ3) is 66.3. The molecule has 0 saturated heterocycles. The Kier molecular flexibility index (Phi) is 60.6. The second kappa shape index (κ2) is 62.7. The number of ether oxygens (including phenoxy) is 2. The lowest BCUT2D eigenvalue weighted by atomic mass is 10.0. The van der Waals surface area contributed by atoms with Crippen LogP contribution in [-0.2, 0) is 32.7 Å². The molecule has 0 aliphatic carbocycles. The molecular weight excluding hydrogens is 1040 g/mol. The summed E-state index contributed by atoms with van der Waals surface area (Å²) in [6, 6.07) is 0. The molecule has 0 aromatic carbocycles. The van der Waals surface area contributed by atoms with Crippen molar-refractivity contribution in [3.05, 3.63) is 85.1 Å². The van der Waals surface area contributed by atoms with Gasteiger partial charge >= 0.3 is 19.8 Å². The number of likely N-dealkylation sites (N-methyl/N-ethyl adjacent to an activating group) is 1. The normalized spacial score (nSPS) is 13.7. The maximum atomic E-state index is 12.9. The molecule has 0 aliphatic rings. The lowest BCUT2D eigenvalue weighted by Gasteiger charge is -2.24. The zero-order valence-corrected chi connectivity index (χ0v) is 55.1. The van der Waals surface area contributed by atoms with Gasteiger partial charge in [-0.3, -0.25) is 18.6 Å². The van der Waals surface area contributed by atoms with Crippen LogP contribution < -0.4 is 0 Å². The van der Waals surface area contributed by atoms with E-state index >= 15 is 0 Å². The Hall–Kier alpha value is -2.81. The smallest absolute Gasteiger partial charge is 0.462 e. The SMILES string of the molecule is CC/C=C\C/C=C\C/C=C\C/C=C\CCCCCCCCCCCCCCCCCCC(=O)OC(COC(=O)CCCCCCCCCCCCCCCC/C=C\C/C=C\C/C=C\CCCCCCC)COP(=O)(O)OCC[N+](C)(C)C. The number of carbonyl (C=O) groups is 2. The molecule has 0 radical (unpaired) electrons. The van der Waals surface area contributed by atoms with Crippen LogP contribution in [0.5, 0.6) is 0 Å². The van der Waals surface area contributed by atoms with E-state index in [0.717, 1.165) is 70.6 Å². The first-order valence-electron chi connectivity index (χ1n) is 34.3. The molecule has 2 atom stereocenters. The molecule has 0 aromatic heterocycles. The zero-order chi connectivity index (χ0) is 59.8. The second-order valence-electron chi connectivity index (χ2n) is 24.2. The van der Waals surface area contributed by atoms with E-state index in [1.165, 1.54) is 205 Å². The van der Waals surface area contributed by atoms with E-state index < -0.39 is 26.5 Å². The minimum Gasteiger partial charge on any atom is -0.462 e. The molecule has 0 saturated carbocycles. The van der Waals surface area contributed by atoms with E-state index in [2.05, 4.69) is 98.9 Å². The molecule has 0 heterocycles. The second-order valence-corrected chi connectivity index (χ2v) is 25.6. The quantitative estimate of drug-likeness (QED) is 0.0211. The molecule has 0 amide bonds. The summed E-state index contributed by atoms with van der Waals surface area (Å²) in [5.41, 5.74) is 0. The van der Waals surface area contributed by atoms with Crippen LogP contribution in [-0.4, -0.2) is 74.9 Å². The molecule has 476 valence electrons. The summed E-state index contributed by atoms with van der Waals surface area (Å²) < 4.78 is 34.7. The van der Waals surface area contributed by atoms with Gasteiger partial charge < -0.3 is 18.9 Å². The minimum atomic E-state index is -4.39. The molecule has 0 fully saturated rings. The Morgan fingerprint density at radius 2 is 0.695 bits per heavy atom. The number of phosphoric acid groups is 1. The minimum absolute atomic E-state index is 0.0302. The van der Waals surface area contributed by atoms with E-state index in [1.54, 1.807) is 0 Å². The molecule has 0 spiro atoms. The van der Waals surface area contributed by atoms with Gasteiger partial charge in [0.1, 0.15) is 19.8 Å². The molecule has 0 aromatic rings. The molecule has 2 unspecified atom stereocenters. The van der Waals surface area contributed by atoms with Gasteiger partial charge in [-0.2, -0.15) is 0 Å². The number of esters is 2. The van der Waals surface area contributed by atoms with Crippen LogP contribution in [0.15, 0.2) is 85.1 Å². The van der Waals surface area contributed by atoms with Crippen molar-refractivity contribution in [1.29, 1.82) is 0 Å². The molecular formula is C72H131NO8P+. The fourth-order valence-corrected chi connectivity index (χ4v) is 10.4. The van der Waals surface area contributed by atoms with E-state index in [0.29, 0.717) is 17.4 Å². The number of carbonyl (C=O) groups excluding carboxylic acids is 2. The lowest BCUT2D eigenvalue weighted by molar-refractivity contribution is -0.870. The average Bonchev–Trinajstić information content (AvgIpc) is 3.45. The van der Waals surface area contributed by atoms with Crippen LogP contribution in [0.25, 0.3) is 0 Å². The first-order chi connectivity index (χ1) is 40.0. The standard InChI is InChI=1S/C72H130NO8P/c1-6-8-10-12-14-16-18-20-22-24-26-28-30-32-34-36-38-40-42-44-46-48-50-52-54-56-58-60-62-64-71(74)78-68-70(69-80-82(76,77)79-67-66-73(3,4)5)81-72(75)65-63-61-59-57-55-53-51-49-47-45-43-41-39-37-35-33-31-29-27-25-23-21-19-17-15-13-11-9-7-2/h9,11,15,17-18,20-21,23-24,26-27,29-30,32,70H,6-8,10,12-14,16,19,22,25,28,31,33-69H2,1-5H3/p+1/b11-9-,17-15-,20-18-,23-21-,26-24-,29-27-,32-30-. The topological polar surface area (TPSA) is 108 Å². The summed E-state index contributed by atoms with van der Waals surface area (Å²) in [5, 5.41) is 0. The van der Waals surface area contributed by atoms with Crippen molar-refractivity contribution < 1.29 is 42.1 Å². The number of nitrogens with zero attached hydrogens (tertiary/aromatic N) is 1. The van der Waals surface area contributed by atoms with Gasteiger partial charge in [-0.25, -0.2) is 4.57 Å². The number of hydrogen-bond acceptors (Lipinski definition) is 7. The first-order valence-corrected chi connectivity index (χ1v) is 35.8. The molecule has 0 aliphatic heterocycles. The predicted molar refractivity (Wildman–Crippen MR) is 353 cm³/mol.